The fourth-order valence-corrected chi connectivity index (χ4v) is 4.74. The van der Waals surface area contributed by atoms with E-state index in [1.807, 2.05) is 18.5 Å². The maximum Gasteiger partial charge on any atom is 0.0704 e. The zero-order valence-electron chi connectivity index (χ0n) is 13.9. The first-order valence-corrected chi connectivity index (χ1v) is 8.82. The summed E-state index contributed by atoms with van der Waals surface area (Å²) >= 11 is 0. The molecule has 2 aliphatic rings. The van der Waals surface area contributed by atoms with Gasteiger partial charge in [-0.05, 0) is 60.7 Å². The first-order chi connectivity index (χ1) is 11.8. The van der Waals surface area contributed by atoms with Crippen molar-refractivity contribution in [2.45, 2.75) is 38.0 Å². The molecular weight excluding hydrogens is 292 g/mol. The summed E-state index contributed by atoms with van der Waals surface area (Å²) in [5.41, 5.74) is 9.24. The highest BCUT2D eigenvalue weighted by molar-refractivity contribution is 5.84. The molecule has 1 fully saturated rings. The number of fused-ring (bicyclic) bond motifs is 5. The van der Waals surface area contributed by atoms with Gasteiger partial charge in [0.25, 0.3) is 0 Å². The number of benzene rings is 1. The topological polar surface area (TPSA) is 25.8 Å². The fraction of sp³-hybridized carbons (Fsp3) is 0.273. The van der Waals surface area contributed by atoms with Crippen LogP contribution >= 0.6 is 0 Å². The molecule has 0 aliphatic heterocycles. The van der Waals surface area contributed by atoms with Crippen LogP contribution in [-0.2, 0) is 5.41 Å². The highest BCUT2D eigenvalue weighted by Gasteiger charge is 2.46. The second-order valence-corrected chi connectivity index (χ2v) is 7.12. The van der Waals surface area contributed by atoms with Crippen molar-refractivity contribution in [3.8, 4) is 22.4 Å². The molecule has 5 rings (SSSR count). The van der Waals surface area contributed by atoms with Crippen LogP contribution in [0.4, 0.5) is 0 Å². The molecule has 1 spiro atoms. The van der Waals surface area contributed by atoms with Crippen molar-refractivity contribution in [3.63, 3.8) is 0 Å². The zero-order valence-corrected chi connectivity index (χ0v) is 13.9. The lowest BCUT2D eigenvalue weighted by molar-refractivity contribution is 0.533. The van der Waals surface area contributed by atoms with E-state index in [1.54, 1.807) is 0 Å². The van der Waals surface area contributed by atoms with E-state index in [0.29, 0.717) is 0 Å². The van der Waals surface area contributed by atoms with E-state index in [0.717, 1.165) is 5.69 Å². The van der Waals surface area contributed by atoms with Crippen LogP contribution in [0, 0.1) is 6.92 Å². The Labute approximate surface area is 142 Å². The average Bonchev–Trinajstić information content (AvgIpc) is 3.22. The quantitative estimate of drug-likeness (QED) is 0.610. The van der Waals surface area contributed by atoms with Crippen molar-refractivity contribution in [1.29, 1.82) is 0 Å². The van der Waals surface area contributed by atoms with E-state index >= 15 is 0 Å². The predicted molar refractivity (Wildman–Crippen MR) is 96.9 cm³/mol. The summed E-state index contributed by atoms with van der Waals surface area (Å²) in [6.45, 7) is 2.21. The van der Waals surface area contributed by atoms with Crippen LogP contribution in [0.5, 0.6) is 0 Å². The van der Waals surface area contributed by atoms with Crippen molar-refractivity contribution < 1.29 is 0 Å². The summed E-state index contributed by atoms with van der Waals surface area (Å²) in [5.74, 6) is 0. The van der Waals surface area contributed by atoms with Crippen LogP contribution in [0.2, 0.25) is 0 Å². The van der Waals surface area contributed by atoms with E-state index in [9.17, 15) is 0 Å². The number of hydrogen-bond acceptors (Lipinski definition) is 2. The first kappa shape index (κ1) is 13.9. The van der Waals surface area contributed by atoms with Gasteiger partial charge in [-0.15, -0.1) is 0 Å². The number of nitrogens with zero attached hydrogens (tertiary/aromatic N) is 2. The van der Waals surface area contributed by atoms with Crippen molar-refractivity contribution in [3.05, 3.63) is 71.7 Å². The molecule has 0 amide bonds. The van der Waals surface area contributed by atoms with Gasteiger partial charge >= 0.3 is 0 Å². The maximum absolute atomic E-state index is 4.83. The highest BCUT2D eigenvalue weighted by atomic mass is 14.7. The van der Waals surface area contributed by atoms with Crippen LogP contribution in [0.1, 0.15) is 42.5 Å². The molecule has 0 radical (unpaired) electrons. The summed E-state index contributed by atoms with van der Waals surface area (Å²) in [6, 6.07) is 15.2. The van der Waals surface area contributed by atoms with Gasteiger partial charge in [0, 0.05) is 28.9 Å². The van der Waals surface area contributed by atoms with Crippen LogP contribution in [0.15, 0.2) is 54.9 Å². The van der Waals surface area contributed by atoms with Gasteiger partial charge in [-0.1, -0.05) is 31.0 Å². The van der Waals surface area contributed by atoms with E-state index in [2.05, 4.69) is 48.3 Å². The lowest BCUT2D eigenvalue weighted by Crippen LogP contribution is -2.21. The monoisotopic (exact) mass is 312 g/mol. The third-order valence-electron chi connectivity index (χ3n) is 5.83. The predicted octanol–water partition coefficient (Wildman–Crippen LogP) is 5.29. The van der Waals surface area contributed by atoms with Gasteiger partial charge in [0.15, 0.2) is 0 Å². The molecule has 24 heavy (non-hydrogen) atoms. The summed E-state index contributed by atoms with van der Waals surface area (Å²) in [6.07, 6.45) is 8.89. The first-order valence-electron chi connectivity index (χ1n) is 8.82. The third-order valence-corrected chi connectivity index (χ3v) is 5.83. The van der Waals surface area contributed by atoms with Gasteiger partial charge in [0.2, 0.25) is 0 Å². The molecule has 0 unspecified atom stereocenters. The van der Waals surface area contributed by atoms with Gasteiger partial charge in [0.1, 0.15) is 0 Å². The molecule has 2 heterocycles. The zero-order chi connectivity index (χ0) is 16.1. The van der Waals surface area contributed by atoms with Crippen LogP contribution in [-0.4, -0.2) is 9.97 Å². The smallest absolute Gasteiger partial charge is 0.0704 e. The molecular formula is C22H20N2. The Morgan fingerprint density at radius 2 is 1.67 bits per heavy atom. The number of hydrogen-bond donors (Lipinski definition) is 0. The Hall–Kier alpha value is -2.48. The molecule has 0 N–H and O–H groups in total. The Morgan fingerprint density at radius 3 is 2.46 bits per heavy atom. The van der Waals surface area contributed by atoms with Crippen LogP contribution < -0.4 is 0 Å². The molecule has 3 aromatic rings. The van der Waals surface area contributed by atoms with Gasteiger partial charge in [-0.3, -0.25) is 9.97 Å². The molecule has 0 saturated heterocycles. The van der Waals surface area contributed by atoms with E-state index in [-0.39, 0.29) is 5.41 Å². The molecule has 1 saturated carbocycles. The molecule has 0 bridgehead atoms. The normalized spacial score (nSPS) is 17.0. The Balaban J connectivity index is 1.80. The number of rotatable bonds is 1. The number of aromatic nitrogens is 2. The average molecular weight is 312 g/mol. The minimum atomic E-state index is 0.152. The minimum Gasteiger partial charge on any atom is -0.260 e. The van der Waals surface area contributed by atoms with E-state index in [4.69, 9.17) is 4.98 Å². The SMILES string of the molecule is Cc1cc2c(cc1-c1ccccn1)-c1cccnc1C21CCCC1. The summed E-state index contributed by atoms with van der Waals surface area (Å²) in [7, 11) is 0. The molecule has 2 aliphatic carbocycles. The Bertz CT molecular complexity index is 922. The van der Waals surface area contributed by atoms with Crippen molar-refractivity contribution in [1.82, 2.24) is 9.97 Å². The maximum atomic E-state index is 4.83. The van der Waals surface area contributed by atoms with Crippen molar-refractivity contribution in [2.24, 2.45) is 0 Å². The van der Waals surface area contributed by atoms with E-state index < -0.39 is 0 Å². The Morgan fingerprint density at radius 1 is 0.833 bits per heavy atom. The fourth-order valence-electron chi connectivity index (χ4n) is 4.74. The Kier molecular flexibility index (Phi) is 2.90. The standard InChI is InChI=1S/C22H20N2/c1-15-13-19-18(14-17(15)20-8-2-5-11-23-20)16-7-6-12-24-21(16)22(19)9-3-4-10-22/h2,5-8,11-14H,3-4,9-10H2,1H3. The molecule has 1 aromatic carbocycles. The van der Waals surface area contributed by atoms with E-state index in [1.165, 1.54) is 59.2 Å². The van der Waals surface area contributed by atoms with Crippen LogP contribution in [0.3, 0.4) is 0 Å². The van der Waals surface area contributed by atoms with Gasteiger partial charge in [-0.2, -0.15) is 0 Å². The number of aryl methyl sites for hydroxylation is 1. The highest BCUT2D eigenvalue weighted by Crippen LogP contribution is 2.56. The molecule has 118 valence electrons. The summed E-state index contributed by atoms with van der Waals surface area (Å²) in [5, 5.41) is 0. The summed E-state index contributed by atoms with van der Waals surface area (Å²) in [4.78, 5) is 9.39. The van der Waals surface area contributed by atoms with Gasteiger partial charge in [-0.25, -0.2) is 0 Å². The van der Waals surface area contributed by atoms with Crippen molar-refractivity contribution >= 4 is 0 Å². The molecule has 0 atom stereocenters. The van der Waals surface area contributed by atoms with Gasteiger partial charge < -0.3 is 0 Å². The second kappa shape index (κ2) is 5.01. The van der Waals surface area contributed by atoms with Gasteiger partial charge in [0.05, 0.1) is 11.4 Å². The molecule has 2 nitrogen and oxygen atoms in total. The lowest BCUT2D eigenvalue weighted by atomic mass is 9.78. The van der Waals surface area contributed by atoms with Crippen LogP contribution in [0.25, 0.3) is 22.4 Å². The molecule has 2 aromatic heterocycles. The van der Waals surface area contributed by atoms with Crippen molar-refractivity contribution in [2.75, 3.05) is 0 Å². The second-order valence-electron chi connectivity index (χ2n) is 7.12. The minimum absolute atomic E-state index is 0.152. The summed E-state index contributed by atoms with van der Waals surface area (Å²) < 4.78 is 0. The largest absolute Gasteiger partial charge is 0.260 e. The third kappa shape index (κ3) is 1.77. The molecule has 2 heteroatoms. The number of pyridine rings is 2. The lowest BCUT2D eigenvalue weighted by Gasteiger charge is -2.25.